The molecule has 2 aromatic rings. The van der Waals surface area contributed by atoms with Crippen LogP contribution in [0.15, 0.2) is 36.5 Å². The first-order valence-corrected chi connectivity index (χ1v) is 8.59. The molecule has 3 heterocycles. The summed E-state index contributed by atoms with van der Waals surface area (Å²) in [6, 6.07) is 8.59. The maximum Gasteiger partial charge on any atom is 0.435 e. The maximum absolute atomic E-state index is 12.6. The smallest absolute Gasteiger partial charge is 0.316 e. The van der Waals surface area contributed by atoms with E-state index in [1.165, 1.54) is 29.3 Å². The second-order valence-corrected chi connectivity index (χ2v) is 7.20. The van der Waals surface area contributed by atoms with E-state index in [0.717, 1.165) is 38.8 Å². The molecule has 1 unspecified atom stereocenters. The molecule has 0 amide bonds. The number of hydrogen-bond acceptors (Lipinski definition) is 3. The Morgan fingerprint density at radius 3 is 2.50 bits per heavy atom. The van der Waals surface area contributed by atoms with E-state index < -0.39 is 11.9 Å². The highest BCUT2D eigenvalue weighted by Gasteiger charge is 2.40. The third-order valence-electron chi connectivity index (χ3n) is 5.34. The first kappa shape index (κ1) is 19.2. The van der Waals surface area contributed by atoms with E-state index in [9.17, 15) is 13.2 Å². The highest BCUT2D eigenvalue weighted by Crippen LogP contribution is 2.36. The molecule has 142 valence electrons. The van der Waals surface area contributed by atoms with Gasteiger partial charge in [-0.2, -0.15) is 18.3 Å². The molecular formula is C18H22ClF3N4. The number of hydrogen-bond donors (Lipinski definition) is 1. The minimum absolute atomic E-state index is 0. The molecule has 1 N–H and O–H groups in total. The van der Waals surface area contributed by atoms with Crippen molar-refractivity contribution >= 4 is 12.4 Å². The molecule has 1 aromatic heterocycles. The van der Waals surface area contributed by atoms with Gasteiger partial charge in [0.1, 0.15) is 0 Å². The molecule has 1 spiro atoms. The van der Waals surface area contributed by atoms with Crippen LogP contribution in [-0.2, 0) is 12.7 Å². The Morgan fingerprint density at radius 2 is 1.88 bits per heavy atom. The fraction of sp³-hybridized carbons (Fsp3) is 0.500. The molecule has 0 aliphatic carbocycles. The lowest BCUT2D eigenvalue weighted by Gasteiger charge is -2.22. The fourth-order valence-corrected chi connectivity index (χ4v) is 3.94. The van der Waals surface area contributed by atoms with Crippen LogP contribution in [0.1, 0.15) is 24.1 Å². The number of nitrogens with zero attached hydrogens (tertiary/aromatic N) is 3. The number of alkyl halides is 3. The molecule has 8 heteroatoms. The monoisotopic (exact) mass is 386 g/mol. The molecule has 2 fully saturated rings. The van der Waals surface area contributed by atoms with E-state index in [0.29, 0.717) is 11.1 Å². The highest BCUT2D eigenvalue weighted by molar-refractivity contribution is 5.85. The largest absolute Gasteiger partial charge is 0.435 e. The van der Waals surface area contributed by atoms with Crippen LogP contribution in [0.2, 0.25) is 0 Å². The van der Waals surface area contributed by atoms with E-state index >= 15 is 0 Å². The average Bonchev–Trinajstić information content (AvgIpc) is 3.30. The van der Waals surface area contributed by atoms with Crippen molar-refractivity contribution in [1.82, 2.24) is 20.0 Å². The number of benzene rings is 1. The zero-order valence-electron chi connectivity index (χ0n) is 14.3. The predicted molar refractivity (Wildman–Crippen MR) is 95.6 cm³/mol. The Balaban J connectivity index is 0.00000196. The van der Waals surface area contributed by atoms with Gasteiger partial charge in [0.05, 0.1) is 5.69 Å². The Bertz CT molecular complexity index is 736. The second-order valence-electron chi connectivity index (χ2n) is 7.20. The molecule has 0 saturated carbocycles. The van der Waals surface area contributed by atoms with Gasteiger partial charge < -0.3 is 5.32 Å². The summed E-state index contributed by atoms with van der Waals surface area (Å²) in [5.41, 5.74) is 1.39. The third kappa shape index (κ3) is 3.89. The quantitative estimate of drug-likeness (QED) is 0.876. The van der Waals surface area contributed by atoms with E-state index in [1.807, 2.05) is 24.3 Å². The van der Waals surface area contributed by atoms with Gasteiger partial charge in [0.15, 0.2) is 5.69 Å². The minimum Gasteiger partial charge on any atom is -0.316 e. The van der Waals surface area contributed by atoms with Crippen LogP contribution in [0.5, 0.6) is 0 Å². The summed E-state index contributed by atoms with van der Waals surface area (Å²) in [7, 11) is 0. The summed E-state index contributed by atoms with van der Waals surface area (Å²) >= 11 is 0. The van der Waals surface area contributed by atoms with Gasteiger partial charge >= 0.3 is 6.18 Å². The van der Waals surface area contributed by atoms with E-state index in [4.69, 9.17) is 0 Å². The van der Waals surface area contributed by atoms with Crippen molar-refractivity contribution in [3.8, 4) is 5.69 Å². The summed E-state index contributed by atoms with van der Waals surface area (Å²) in [6.07, 6.45) is -0.573. The SMILES string of the molecule is Cl.FC(F)(F)c1ccn(-c2ccc(CN3CCC4(CCNC4)C3)cc2)n1. The molecule has 26 heavy (non-hydrogen) atoms. The molecule has 4 nitrogen and oxygen atoms in total. The van der Waals surface area contributed by atoms with Crippen LogP contribution in [0, 0.1) is 5.41 Å². The van der Waals surface area contributed by atoms with E-state index in [-0.39, 0.29) is 12.4 Å². The highest BCUT2D eigenvalue weighted by atomic mass is 35.5. The van der Waals surface area contributed by atoms with Crippen molar-refractivity contribution in [3.05, 3.63) is 47.8 Å². The predicted octanol–water partition coefficient (Wildman–Crippen LogP) is 3.50. The lowest BCUT2D eigenvalue weighted by atomic mass is 9.86. The van der Waals surface area contributed by atoms with E-state index in [2.05, 4.69) is 15.3 Å². The molecule has 4 rings (SSSR count). The standard InChI is InChI=1S/C18H21F3N4.ClH/c19-18(20,21)16-5-9-25(23-16)15-3-1-14(2-4-15)11-24-10-7-17(13-24)6-8-22-12-17;/h1-5,9,22H,6-8,10-13H2;1H. The van der Waals surface area contributed by atoms with Crippen molar-refractivity contribution in [2.45, 2.75) is 25.6 Å². The van der Waals surface area contributed by atoms with Crippen LogP contribution >= 0.6 is 12.4 Å². The zero-order chi connectivity index (χ0) is 17.5. The second kappa shape index (κ2) is 7.21. The van der Waals surface area contributed by atoms with Gasteiger partial charge in [0.25, 0.3) is 0 Å². The number of aromatic nitrogens is 2. The zero-order valence-corrected chi connectivity index (χ0v) is 15.1. The van der Waals surface area contributed by atoms with Gasteiger partial charge in [0, 0.05) is 25.8 Å². The molecular weight excluding hydrogens is 365 g/mol. The fourth-order valence-electron chi connectivity index (χ4n) is 3.94. The van der Waals surface area contributed by atoms with Crippen LogP contribution < -0.4 is 5.32 Å². The molecule has 1 atom stereocenters. The summed E-state index contributed by atoms with van der Waals surface area (Å²) < 4.78 is 39.2. The van der Waals surface area contributed by atoms with Gasteiger partial charge in [-0.15, -0.1) is 12.4 Å². The first-order chi connectivity index (χ1) is 11.9. The minimum atomic E-state index is -4.41. The Kier molecular flexibility index (Phi) is 5.33. The van der Waals surface area contributed by atoms with Gasteiger partial charge in [0.2, 0.25) is 0 Å². The number of halogens is 4. The van der Waals surface area contributed by atoms with Gasteiger partial charge in [-0.1, -0.05) is 12.1 Å². The number of rotatable bonds is 3. The van der Waals surface area contributed by atoms with E-state index in [1.54, 1.807) is 0 Å². The normalized spacial score (nSPS) is 23.5. The summed E-state index contributed by atoms with van der Waals surface area (Å²) in [5, 5.41) is 7.07. The van der Waals surface area contributed by atoms with Crippen molar-refractivity contribution in [2.75, 3.05) is 26.2 Å². The number of nitrogens with one attached hydrogen (secondary N) is 1. The van der Waals surface area contributed by atoms with Crippen molar-refractivity contribution < 1.29 is 13.2 Å². The third-order valence-corrected chi connectivity index (χ3v) is 5.34. The maximum atomic E-state index is 12.6. The topological polar surface area (TPSA) is 33.1 Å². The molecule has 2 aliphatic rings. The van der Waals surface area contributed by atoms with Gasteiger partial charge in [-0.25, -0.2) is 4.68 Å². The Hall–Kier alpha value is -1.57. The molecule has 2 saturated heterocycles. The van der Waals surface area contributed by atoms with Gasteiger partial charge in [-0.3, -0.25) is 4.90 Å². The van der Waals surface area contributed by atoms with Crippen LogP contribution in [0.25, 0.3) is 5.69 Å². The summed E-state index contributed by atoms with van der Waals surface area (Å²) in [4.78, 5) is 2.47. The molecule has 0 radical (unpaired) electrons. The Labute approximate surface area is 156 Å². The molecule has 1 aromatic carbocycles. The van der Waals surface area contributed by atoms with Crippen LogP contribution in [0.3, 0.4) is 0 Å². The molecule has 2 aliphatic heterocycles. The van der Waals surface area contributed by atoms with Crippen molar-refractivity contribution in [1.29, 1.82) is 0 Å². The average molecular weight is 387 g/mol. The van der Waals surface area contributed by atoms with Crippen LogP contribution in [0.4, 0.5) is 13.2 Å². The first-order valence-electron chi connectivity index (χ1n) is 8.59. The lowest BCUT2D eigenvalue weighted by molar-refractivity contribution is -0.141. The summed E-state index contributed by atoms with van der Waals surface area (Å²) in [5.74, 6) is 0. The Morgan fingerprint density at radius 1 is 1.12 bits per heavy atom. The van der Waals surface area contributed by atoms with Crippen molar-refractivity contribution in [2.24, 2.45) is 5.41 Å². The number of likely N-dealkylation sites (tertiary alicyclic amines) is 1. The lowest BCUT2D eigenvalue weighted by Crippen LogP contribution is -2.28. The van der Waals surface area contributed by atoms with Gasteiger partial charge in [-0.05, 0) is 55.1 Å². The van der Waals surface area contributed by atoms with Crippen molar-refractivity contribution in [3.63, 3.8) is 0 Å². The summed E-state index contributed by atoms with van der Waals surface area (Å²) in [6.45, 7) is 5.35. The molecule has 0 bridgehead atoms. The van der Waals surface area contributed by atoms with Crippen LogP contribution in [-0.4, -0.2) is 40.9 Å².